The summed E-state index contributed by atoms with van der Waals surface area (Å²) in [5, 5.41) is 7.38. The van der Waals surface area contributed by atoms with Crippen molar-refractivity contribution in [2.24, 2.45) is 0 Å². The number of benzene rings is 1. The van der Waals surface area contributed by atoms with Crippen LogP contribution in [0.3, 0.4) is 0 Å². The second kappa shape index (κ2) is 11.0. The maximum absolute atomic E-state index is 12.6. The molecule has 2 aliphatic carbocycles. The Balaban J connectivity index is 1.08. The van der Waals surface area contributed by atoms with Crippen molar-refractivity contribution in [3.05, 3.63) is 50.9 Å². The Morgan fingerprint density at radius 2 is 1.82 bits per heavy atom. The van der Waals surface area contributed by atoms with Gasteiger partial charge in [-0.05, 0) is 68.4 Å². The number of hydrogen-bond acceptors (Lipinski definition) is 6. The summed E-state index contributed by atoms with van der Waals surface area (Å²) in [6.45, 7) is 0. The summed E-state index contributed by atoms with van der Waals surface area (Å²) in [5.41, 5.74) is 3.14. The zero-order valence-electron chi connectivity index (χ0n) is 19.5. The van der Waals surface area contributed by atoms with Gasteiger partial charge in [-0.2, -0.15) is 11.8 Å². The molecule has 0 bridgehead atoms. The Hall–Kier alpha value is -2.32. The number of thioether (sulfide) groups is 1. The summed E-state index contributed by atoms with van der Waals surface area (Å²) < 4.78 is 0. The molecule has 0 atom stereocenters. The van der Waals surface area contributed by atoms with Crippen LogP contribution in [0.15, 0.2) is 29.1 Å². The minimum Gasteiger partial charge on any atom is -0.382 e. The maximum Gasteiger partial charge on any atom is 0.259 e. The molecule has 3 aromatic rings. The van der Waals surface area contributed by atoms with Crippen LogP contribution in [0.25, 0.3) is 10.2 Å². The minimum absolute atomic E-state index is 0.00308. The van der Waals surface area contributed by atoms with E-state index in [0.29, 0.717) is 29.8 Å². The molecule has 8 heteroatoms. The van der Waals surface area contributed by atoms with E-state index in [-0.39, 0.29) is 11.5 Å². The van der Waals surface area contributed by atoms with E-state index >= 15 is 0 Å². The topological polar surface area (TPSA) is 86.9 Å². The van der Waals surface area contributed by atoms with Gasteiger partial charge in [-0.15, -0.1) is 11.3 Å². The lowest BCUT2D eigenvalue weighted by molar-refractivity contribution is -0.115. The Morgan fingerprint density at radius 1 is 1.06 bits per heavy atom. The molecule has 5 rings (SSSR count). The van der Waals surface area contributed by atoms with Gasteiger partial charge in [-0.1, -0.05) is 19.3 Å². The molecule has 180 valence electrons. The van der Waals surface area contributed by atoms with Crippen molar-refractivity contribution < 1.29 is 4.79 Å². The average Bonchev–Trinajstić information content (AvgIpc) is 3.23. The smallest absolute Gasteiger partial charge is 0.259 e. The number of rotatable bonds is 8. The molecule has 1 saturated carbocycles. The van der Waals surface area contributed by atoms with E-state index in [1.165, 1.54) is 49.0 Å². The van der Waals surface area contributed by atoms with E-state index in [1.807, 2.05) is 24.3 Å². The number of fused-ring (bicyclic) bond motifs is 3. The average molecular weight is 497 g/mol. The Morgan fingerprint density at radius 3 is 2.65 bits per heavy atom. The van der Waals surface area contributed by atoms with Crippen molar-refractivity contribution in [3.8, 4) is 0 Å². The van der Waals surface area contributed by atoms with Gasteiger partial charge in [-0.3, -0.25) is 9.59 Å². The van der Waals surface area contributed by atoms with Crippen LogP contribution in [-0.4, -0.2) is 27.7 Å². The largest absolute Gasteiger partial charge is 0.382 e. The van der Waals surface area contributed by atoms with Gasteiger partial charge in [0.15, 0.2) is 0 Å². The second-order valence-electron chi connectivity index (χ2n) is 9.31. The predicted octanol–water partition coefficient (Wildman–Crippen LogP) is 5.87. The summed E-state index contributed by atoms with van der Waals surface area (Å²) in [4.78, 5) is 34.9. The van der Waals surface area contributed by atoms with Crippen LogP contribution in [0.4, 0.5) is 11.4 Å². The molecule has 0 radical (unpaired) electrons. The maximum atomic E-state index is 12.6. The zero-order chi connectivity index (χ0) is 23.3. The number of amides is 1. The Labute approximate surface area is 208 Å². The van der Waals surface area contributed by atoms with E-state index < -0.39 is 0 Å². The number of nitrogens with zero attached hydrogens (tertiary/aromatic N) is 1. The highest BCUT2D eigenvalue weighted by molar-refractivity contribution is 7.98. The fourth-order valence-corrected chi connectivity index (χ4v) is 7.05. The molecule has 6 nitrogen and oxygen atoms in total. The van der Waals surface area contributed by atoms with Crippen LogP contribution in [0.1, 0.15) is 67.6 Å². The first-order valence-electron chi connectivity index (χ1n) is 12.4. The number of hydrogen-bond donors (Lipinski definition) is 3. The molecule has 1 fully saturated rings. The highest BCUT2D eigenvalue weighted by Crippen LogP contribution is 2.33. The standard InChI is InChI=1S/C26H32N4O2S2/c31-23(28-19-12-10-18(11-13-19)27-17-6-2-1-3-7-17)14-15-33-16-22-29-25(32)24-20-8-4-5-9-21(20)34-26(24)30-22/h10-13,17,27H,1-9,14-16H2,(H,28,31)(H,29,30,32). The van der Waals surface area contributed by atoms with Crippen molar-refractivity contribution in [1.29, 1.82) is 0 Å². The lowest BCUT2D eigenvalue weighted by atomic mass is 9.95. The number of carbonyl (C=O) groups is 1. The fraction of sp³-hybridized carbons (Fsp3) is 0.500. The quantitative estimate of drug-likeness (QED) is 0.340. The molecular weight excluding hydrogens is 464 g/mol. The van der Waals surface area contributed by atoms with Crippen LogP contribution in [0.2, 0.25) is 0 Å². The van der Waals surface area contributed by atoms with E-state index in [1.54, 1.807) is 23.1 Å². The normalized spacial score (nSPS) is 16.4. The Bertz CT molecular complexity index is 1200. The number of aromatic amines is 1. The number of H-pyrrole nitrogens is 1. The first-order valence-corrected chi connectivity index (χ1v) is 14.4. The molecule has 2 aliphatic rings. The van der Waals surface area contributed by atoms with Crippen LogP contribution < -0.4 is 16.2 Å². The third kappa shape index (κ3) is 5.66. The first-order chi connectivity index (χ1) is 16.7. The van der Waals surface area contributed by atoms with Crippen molar-refractivity contribution in [1.82, 2.24) is 9.97 Å². The van der Waals surface area contributed by atoms with Gasteiger partial charge in [-0.25, -0.2) is 4.98 Å². The molecule has 2 heterocycles. The van der Waals surface area contributed by atoms with Crippen LogP contribution >= 0.6 is 23.1 Å². The molecule has 2 aromatic heterocycles. The molecule has 0 unspecified atom stereocenters. The molecular formula is C26H32N4O2S2. The fourth-order valence-electron chi connectivity index (χ4n) is 4.97. The summed E-state index contributed by atoms with van der Waals surface area (Å²) in [5.74, 6) is 1.98. The van der Waals surface area contributed by atoms with Crippen molar-refractivity contribution in [2.75, 3.05) is 16.4 Å². The number of aryl methyl sites for hydroxylation is 2. The molecule has 1 amide bonds. The molecule has 0 spiro atoms. The highest BCUT2D eigenvalue weighted by Gasteiger charge is 2.19. The van der Waals surface area contributed by atoms with E-state index in [2.05, 4.69) is 15.6 Å². The molecule has 0 saturated heterocycles. The zero-order valence-corrected chi connectivity index (χ0v) is 21.1. The van der Waals surface area contributed by atoms with Crippen LogP contribution in [0, 0.1) is 0 Å². The van der Waals surface area contributed by atoms with E-state index in [0.717, 1.165) is 40.9 Å². The third-order valence-corrected chi connectivity index (χ3v) is 8.89. The molecule has 0 aliphatic heterocycles. The molecule has 34 heavy (non-hydrogen) atoms. The van der Waals surface area contributed by atoms with Gasteiger partial charge in [0.05, 0.1) is 11.1 Å². The highest BCUT2D eigenvalue weighted by atomic mass is 32.2. The second-order valence-corrected chi connectivity index (χ2v) is 11.5. The van der Waals surface area contributed by atoms with Crippen LogP contribution in [-0.2, 0) is 23.4 Å². The summed E-state index contributed by atoms with van der Waals surface area (Å²) in [6.07, 6.45) is 11.3. The van der Waals surface area contributed by atoms with Crippen LogP contribution in [0.5, 0.6) is 0 Å². The molecule has 3 N–H and O–H groups in total. The number of aromatic nitrogens is 2. The van der Waals surface area contributed by atoms with Gasteiger partial charge in [0.2, 0.25) is 5.91 Å². The predicted molar refractivity (Wildman–Crippen MR) is 143 cm³/mol. The van der Waals surface area contributed by atoms with Crippen molar-refractivity contribution in [2.45, 2.75) is 76.0 Å². The number of nitrogens with one attached hydrogen (secondary N) is 3. The monoisotopic (exact) mass is 496 g/mol. The van der Waals surface area contributed by atoms with Gasteiger partial charge in [0, 0.05) is 34.5 Å². The SMILES string of the molecule is O=C(CCSCc1nc2sc3c(c2c(=O)[nH]1)CCCC3)Nc1ccc(NC2CCCCC2)cc1. The first kappa shape index (κ1) is 23.4. The Kier molecular flexibility index (Phi) is 7.54. The van der Waals surface area contributed by atoms with Crippen molar-refractivity contribution >= 4 is 50.6 Å². The number of carbonyl (C=O) groups excluding carboxylic acids is 1. The van der Waals surface area contributed by atoms with Gasteiger partial charge in [0.1, 0.15) is 10.7 Å². The summed E-state index contributed by atoms with van der Waals surface area (Å²) >= 11 is 3.30. The summed E-state index contributed by atoms with van der Waals surface area (Å²) in [6, 6.07) is 8.57. The third-order valence-electron chi connectivity index (χ3n) is 6.73. The lowest BCUT2D eigenvalue weighted by Gasteiger charge is -2.23. The summed E-state index contributed by atoms with van der Waals surface area (Å²) in [7, 11) is 0. The van der Waals surface area contributed by atoms with Crippen molar-refractivity contribution in [3.63, 3.8) is 0 Å². The van der Waals surface area contributed by atoms with Gasteiger partial charge < -0.3 is 15.6 Å². The van der Waals surface area contributed by atoms with Gasteiger partial charge in [0.25, 0.3) is 5.56 Å². The van der Waals surface area contributed by atoms with Gasteiger partial charge >= 0.3 is 0 Å². The van der Waals surface area contributed by atoms with E-state index in [9.17, 15) is 9.59 Å². The number of thiophene rings is 1. The lowest BCUT2D eigenvalue weighted by Crippen LogP contribution is -2.22. The van der Waals surface area contributed by atoms with E-state index in [4.69, 9.17) is 4.98 Å². The number of anilines is 2. The molecule has 1 aromatic carbocycles. The minimum atomic E-state index is -0.0147.